The zero-order valence-electron chi connectivity index (χ0n) is 14.8. The number of benzene rings is 1. The van der Waals surface area contributed by atoms with E-state index in [2.05, 4.69) is 57.2 Å². The maximum Gasteiger partial charge on any atom is 0.160 e. The molecule has 0 bridgehead atoms. The molecule has 130 valence electrons. The fourth-order valence-electron chi connectivity index (χ4n) is 4.13. The van der Waals surface area contributed by atoms with Crippen molar-refractivity contribution >= 4 is 5.65 Å². The lowest BCUT2D eigenvalue weighted by Gasteiger charge is -2.33. The van der Waals surface area contributed by atoms with Crippen LogP contribution in [0.5, 0.6) is 0 Å². The minimum atomic E-state index is 0.143. The highest BCUT2D eigenvalue weighted by Gasteiger charge is 2.27. The average molecular weight is 334 g/mol. The molecule has 0 amide bonds. The number of nitrogens with zero attached hydrogens (tertiary/aromatic N) is 3. The van der Waals surface area contributed by atoms with E-state index in [1.807, 2.05) is 24.4 Å². The highest BCUT2D eigenvalue weighted by atomic mass is 15.3. The molecule has 1 aromatic carbocycles. The van der Waals surface area contributed by atoms with Crippen LogP contribution in [0.3, 0.4) is 0 Å². The van der Waals surface area contributed by atoms with E-state index < -0.39 is 0 Å². The summed E-state index contributed by atoms with van der Waals surface area (Å²) in [4.78, 5) is 0. The molecule has 1 fully saturated rings. The Balaban J connectivity index is 1.61. The Kier molecular flexibility index (Phi) is 4.79. The summed E-state index contributed by atoms with van der Waals surface area (Å²) >= 11 is 0. The molecule has 2 atom stereocenters. The van der Waals surface area contributed by atoms with Gasteiger partial charge in [-0.15, -0.1) is 10.2 Å². The number of hydrogen-bond donors (Lipinski definition) is 1. The Morgan fingerprint density at radius 1 is 0.960 bits per heavy atom. The predicted molar refractivity (Wildman–Crippen MR) is 100 cm³/mol. The summed E-state index contributed by atoms with van der Waals surface area (Å²) in [5.74, 6) is 1.67. The molecule has 1 saturated carbocycles. The first-order valence-corrected chi connectivity index (χ1v) is 9.43. The molecule has 3 aromatic rings. The molecule has 2 aromatic heterocycles. The molecule has 1 aliphatic carbocycles. The SMILES string of the molecule is C[C@@H](N[C@H](c1ccccc1)C1CCCCC1)c1nnc2ccccn12. The van der Waals surface area contributed by atoms with Crippen molar-refractivity contribution in [3.8, 4) is 0 Å². The first-order chi connectivity index (χ1) is 12.3. The van der Waals surface area contributed by atoms with E-state index in [1.54, 1.807) is 0 Å². The number of fused-ring (bicyclic) bond motifs is 1. The lowest BCUT2D eigenvalue weighted by molar-refractivity contribution is 0.255. The van der Waals surface area contributed by atoms with Gasteiger partial charge in [0, 0.05) is 12.2 Å². The molecule has 0 spiro atoms. The third kappa shape index (κ3) is 3.45. The molecule has 0 unspecified atom stereocenters. The molecule has 0 radical (unpaired) electrons. The normalized spacial score (nSPS) is 18.3. The Bertz CT molecular complexity index is 805. The fourth-order valence-corrected chi connectivity index (χ4v) is 4.13. The molecule has 1 N–H and O–H groups in total. The summed E-state index contributed by atoms with van der Waals surface area (Å²) in [6, 6.07) is 17.4. The molecular weight excluding hydrogens is 308 g/mol. The number of rotatable bonds is 5. The van der Waals surface area contributed by atoms with Gasteiger partial charge in [-0.3, -0.25) is 4.40 Å². The smallest absolute Gasteiger partial charge is 0.160 e. The monoisotopic (exact) mass is 334 g/mol. The van der Waals surface area contributed by atoms with Gasteiger partial charge in [-0.1, -0.05) is 55.7 Å². The van der Waals surface area contributed by atoms with E-state index in [9.17, 15) is 0 Å². The summed E-state index contributed by atoms with van der Waals surface area (Å²) in [6.07, 6.45) is 8.72. The molecule has 2 heterocycles. The maximum absolute atomic E-state index is 4.44. The Hall–Kier alpha value is -2.20. The van der Waals surface area contributed by atoms with Crippen molar-refractivity contribution < 1.29 is 0 Å². The van der Waals surface area contributed by atoms with Crippen molar-refractivity contribution in [1.29, 1.82) is 0 Å². The Labute approximate surface area is 149 Å². The third-order valence-electron chi connectivity index (χ3n) is 5.44. The van der Waals surface area contributed by atoms with Gasteiger partial charge in [-0.05, 0) is 43.4 Å². The van der Waals surface area contributed by atoms with Gasteiger partial charge in [0.1, 0.15) is 0 Å². The summed E-state index contributed by atoms with van der Waals surface area (Å²) in [5, 5.41) is 12.6. The number of pyridine rings is 1. The molecule has 1 aliphatic rings. The van der Waals surface area contributed by atoms with Gasteiger partial charge in [-0.25, -0.2) is 0 Å². The van der Waals surface area contributed by atoms with Gasteiger partial charge in [0.25, 0.3) is 0 Å². The van der Waals surface area contributed by atoms with Crippen LogP contribution in [-0.4, -0.2) is 14.6 Å². The first-order valence-electron chi connectivity index (χ1n) is 9.43. The van der Waals surface area contributed by atoms with Crippen LogP contribution in [0.1, 0.15) is 62.5 Å². The highest BCUT2D eigenvalue weighted by molar-refractivity contribution is 5.37. The predicted octanol–water partition coefficient (Wildman–Crippen LogP) is 4.70. The quantitative estimate of drug-likeness (QED) is 0.735. The van der Waals surface area contributed by atoms with Crippen LogP contribution in [0.4, 0.5) is 0 Å². The fraction of sp³-hybridized carbons (Fsp3) is 0.429. The van der Waals surface area contributed by atoms with Crippen LogP contribution in [0.2, 0.25) is 0 Å². The summed E-state index contributed by atoms with van der Waals surface area (Å²) in [6.45, 7) is 2.20. The van der Waals surface area contributed by atoms with E-state index in [1.165, 1.54) is 37.7 Å². The minimum absolute atomic E-state index is 0.143. The number of aromatic nitrogens is 3. The van der Waals surface area contributed by atoms with Gasteiger partial charge in [0.05, 0.1) is 6.04 Å². The lowest BCUT2D eigenvalue weighted by Crippen LogP contribution is -2.32. The van der Waals surface area contributed by atoms with Crippen LogP contribution < -0.4 is 5.32 Å². The van der Waals surface area contributed by atoms with Gasteiger partial charge < -0.3 is 5.32 Å². The van der Waals surface area contributed by atoms with Gasteiger partial charge in [0.2, 0.25) is 0 Å². The van der Waals surface area contributed by atoms with Crippen LogP contribution in [0.25, 0.3) is 5.65 Å². The van der Waals surface area contributed by atoms with Crippen LogP contribution in [-0.2, 0) is 0 Å². The standard InChI is InChI=1S/C21H26N4/c1-16(21-24-23-19-14-8-9-15-25(19)21)22-20(17-10-4-2-5-11-17)18-12-6-3-7-13-18/h2,4-5,8-11,14-16,18,20,22H,3,6-7,12-13H2,1H3/t16-,20-/m1/s1. The van der Waals surface area contributed by atoms with Gasteiger partial charge >= 0.3 is 0 Å². The van der Waals surface area contributed by atoms with Crippen LogP contribution >= 0.6 is 0 Å². The molecule has 0 saturated heterocycles. The van der Waals surface area contributed by atoms with Gasteiger partial charge in [-0.2, -0.15) is 0 Å². The largest absolute Gasteiger partial charge is 0.300 e. The van der Waals surface area contributed by atoms with Crippen molar-refractivity contribution in [1.82, 2.24) is 19.9 Å². The third-order valence-corrected chi connectivity index (χ3v) is 5.44. The first kappa shape index (κ1) is 16.3. The van der Waals surface area contributed by atoms with Crippen LogP contribution in [0, 0.1) is 5.92 Å². The Morgan fingerprint density at radius 2 is 1.72 bits per heavy atom. The van der Waals surface area contributed by atoms with Crippen molar-refractivity contribution in [2.75, 3.05) is 0 Å². The molecule has 25 heavy (non-hydrogen) atoms. The van der Waals surface area contributed by atoms with Crippen molar-refractivity contribution in [3.05, 3.63) is 66.1 Å². The molecule has 4 heteroatoms. The average Bonchev–Trinajstić information content (AvgIpc) is 3.11. The summed E-state index contributed by atoms with van der Waals surface area (Å²) < 4.78 is 2.08. The number of nitrogens with one attached hydrogen (secondary N) is 1. The topological polar surface area (TPSA) is 42.2 Å². The number of hydrogen-bond acceptors (Lipinski definition) is 3. The maximum atomic E-state index is 4.44. The highest BCUT2D eigenvalue weighted by Crippen LogP contribution is 2.35. The van der Waals surface area contributed by atoms with Crippen molar-refractivity contribution in [2.24, 2.45) is 5.92 Å². The molecule has 0 aliphatic heterocycles. The second-order valence-electron chi connectivity index (χ2n) is 7.16. The van der Waals surface area contributed by atoms with E-state index in [0.29, 0.717) is 12.0 Å². The van der Waals surface area contributed by atoms with Crippen LogP contribution in [0.15, 0.2) is 54.7 Å². The Morgan fingerprint density at radius 3 is 2.52 bits per heavy atom. The van der Waals surface area contributed by atoms with E-state index in [-0.39, 0.29) is 6.04 Å². The molecular formula is C21H26N4. The minimum Gasteiger partial charge on any atom is -0.300 e. The lowest BCUT2D eigenvalue weighted by atomic mass is 9.81. The van der Waals surface area contributed by atoms with Crippen molar-refractivity contribution in [3.63, 3.8) is 0 Å². The summed E-state index contributed by atoms with van der Waals surface area (Å²) in [7, 11) is 0. The van der Waals surface area contributed by atoms with Gasteiger partial charge in [0.15, 0.2) is 11.5 Å². The zero-order chi connectivity index (χ0) is 17.1. The second-order valence-corrected chi connectivity index (χ2v) is 7.16. The van der Waals surface area contributed by atoms with E-state index >= 15 is 0 Å². The van der Waals surface area contributed by atoms with E-state index in [4.69, 9.17) is 0 Å². The van der Waals surface area contributed by atoms with E-state index in [0.717, 1.165) is 11.5 Å². The molecule has 4 rings (SSSR count). The summed E-state index contributed by atoms with van der Waals surface area (Å²) in [5.41, 5.74) is 2.29. The van der Waals surface area contributed by atoms with Crippen molar-refractivity contribution in [2.45, 2.75) is 51.1 Å². The zero-order valence-corrected chi connectivity index (χ0v) is 14.8. The molecule has 4 nitrogen and oxygen atoms in total. The second kappa shape index (κ2) is 7.36.